The SMILES string of the molecule is [2H]C(c1ccc(-c2ccc(N(C)C)nc2)cc1)N(C(=O)C1CCOCC1)c1cc(/C=C/C(=O)OC)ccn1. The Hall–Kier alpha value is -4.04. The molecule has 0 radical (unpaired) electrons. The highest BCUT2D eigenvalue weighted by Gasteiger charge is 2.28. The molecular formula is C29H32N4O4. The van der Waals surface area contributed by atoms with Crippen molar-refractivity contribution in [1.29, 1.82) is 0 Å². The first kappa shape index (κ1) is 24.6. The van der Waals surface area contributed by atoms with E-state index in [4.69, 9.17) is 6.11 Å². The summed E-state index contributed by atoms with van der Waals surface area (Å²) in [4.78, 5) is 37.6. The number of pyridine rings is 2. The number of benzene rings is 1. The molecule has 1 amide bonds. The van der Waals surface area contributed by atoms with E-state index in [1.54, 1.807) is 24.4 Å². The van der Waals surface area contributed by atoms with Crippen LogP contribution < -0.4 is 9.80 Å². The lowest BCUT2D eigenvalue weighted by Crippen LogP contribution is -2.38. The van der Waals surface area contributed by atoms with Gasteiger partial charge in [0.2, 0.25) is 5.91 Å². The predicted octanol–water partition coefficient (Wildman–Crippen LogP) is 4.36. The van der Waals surface area contributed by atoms with Gasteiger partial charge in [-0.1, -0.05) is 24.3 Å². The van der Waals surface area contributed by atoms with Crippen molar-refractivity contribution in [2.24, 2.45) is 5.92 Å². The molecule has 4 rings (SSSR count). The Balaban J connectivity index is 1.63. The highest BCUT2D eigenvalue weighted by Crippen LogP contribution is 2.26. The van der Waals surface area contributed by atoms with Crippen LogP contribution in [0.3, 0.4) is 0 Å². The molecular weight excluding hydrogens is 468 g/mol. The van der Waals surface area contributed by atoms with Gasteiger partial charge in [-0.2, -0.15) is 0 Å². The van der Waals surface area contributed by atoms with Gasteiger partial charge in [0.25, 0.3) is 0 Å². The van der Waals surface area contributed by atoms with E-state index >= 15 is 0 Å². The van der Waals surface area contributed by atoms with Crippen molar-refractivity contribution in [2.45, 2.75) is 19.4 Å². The summed E-state index contributed by atoms with van der Waals surface area (Å²) in [5.41, 5.74) is 3.26. The smallest absolute Gasteiger partial charge is 0.330 e. The fraction of sp³-hybridized carbons (Fsp3) is 0.310. The maximum absolute atomic E-state index is 13.7. The Morgan fingerprint density at radius 2 is 1.78 bits per heavy atom. The Kier molecular flexibility index (Phi) is 8.18. The number of ether oxygens (including phenoxy) is 2. The average Bonchev–Trinajstić information content (AvgIpc) is 2.96. The van der Waals surface area contributed by atoms with Crippen LogP contribution in [-0.4, -0.2) is 56.3 Å². The first-order chi connectivity index (χ1) is 18.4. The summed E-state index contributed by atoms with van der Waals surface area (Å²) >= 11 is 0. The van der Waals surface area contributed by atoms with E-state index < -0.39 is 12.5 Å². The minimum atomic E-state index is -1.01. The molecule has 1 aliphatic rings. The van der Waals surface area contributed by atoms with Crippen LogP contribution in [0.25, 0.3) is 17.2 Å². The van der Waals surface area contributed by atoms with Crippen LogP contribution >= 0.6 is 0 Å². The number of carbonyl (C=O) groups excluding carboxylic acids is 2. The fourth-order valence-electron chi connectivity index (χ4n) is 4.02. The maximum atomic E-state index is 13.7. The molecule has 0 spiro atoms. The van der Waals surface area contributed by atoms with Crippen LogP contribution in [0.15, 0.2) is 67.0 Å². The summed E-state index contributed by atoms with van der Waals surface area (Å²) in [6.45, 7) is 0.0100. The van der Waals surface area contributed by atoms with Crippen molar-refractivity contribution in [3.05, 3.63) is 78.1 Å². The van der Waals surface area contributed by atoms with Gasteiger partial charge in [0.05, 0.1) is 15.0 Å². The van der Waals surface area contributed by atoms with E-state index in [9.17, 15) is 9.59 Å². The van der Waals surface area contributed by atoms with Crippen molar-refractivity contribution in [1.82, 2.24) is 9.97 Å². The van der Waals surface area contributed by atoms with E-state index in [-0.39, 0.29) is 11.8 Å². The van der Waals surface area contributed by atoms with E-state index in [0.717, 1.165) is 16.9 Å². The number of rotatable bonds is 8. The number of aromatic nitrogens is 2. The molecule has 1 aromatic carbocycles. The maximum Gasteiger partial charge on any atom is 0.330 e. The second-order valence-corrected chi connectivity index (χ2v) is 8.95. The number of anilines is 2. The van der Waals surface area contributed by atoms with Crippen LogP contribution in [0.2, 0.25) is 0 Å². The van der Waals surface area contributed by atoms with Crippen molar-refractivity contribution in [3.63, 3.8) is 0 Å². The molecule has 0 saturated carbocycles. The fourth-order valence-corrected chi connectivity index (χ4v) is 4.02. The number of carbonyl (C=O) groups is 2. The van der Waals surface area contributed by atoms with Gasteiger partial charge in [0.15, 0.2) is 0 Å². The average molecular weight is 502 g/mol. The highest BCUT2D eigenvalue weighted by molar-refractivity contribution is 5.94. The van der Waals surface area contributed by atoms with Gasteiger partial charge in [0.1, 0.15) is 11.6 Å². The van der Waals surface area contributed by atoms with Gasteiger partial charge in [-0.15, -0.1) is 0 Å². The summed E-state index contributed by atoms with van der Waals surface area (Å²) in [5, 5.41) is 0. The van der Waals surface area contributed by atoms with Crippen molar-refractivity contribution < 1.29 is 20.4 Å². The Labute approximate surface area is 219 Å². The molecule has 1 aliphatic heterocycles. The summed E-state index contributed by atoms with van der Waals surface area (Å²) in [7, 11) is 5.20. The molecule has 3 aromatic rings. The molecule has 0 N–H and O–H groups in total. The standard InChI is InChI=1S/C29H32N4O4/c1-32(2)26-10-9-25(19-31-26)23-7-4-22(5-8-23)20-33(29(35)24-13-16-37-17-14-24)27-18-21(12-15-30-27)6-11-28(34)36-3/h4-12,15,18-19,24H,13-14,16-17,20H2,1-3H3/b11-6+/i20D. The number of methoxy groups -OCH3 is 1. The van der Waals surface area contributed by atoms with Crippen molar-refractivity contribution in [3.8, 4) is 11.1 Å². The molecule has 3 heterocycles. The molecule has 192 valence electrons. The molecule has 2 aromatic heterocycles. The molecule has 0 bridgehead atoms. The van der Waals surface area contributed by atoms with Crippen LogP contribution in [0.1, 0.15) is 25.3 Å². The summed E-state index contributed by atoms with van der Waals surface area (Å²) < 4.78 is 19.2. The highest BCUT2D eigenvalue weighted by atomic mass is 16.5. The zero-order valence-corrected chi connectivity index (χ0v) is 21.3. The van der Waals surface area contributed by atoms with Crippen molar-refractivity contribution >= 4 is 29.6 Å². The lowest BCUT2D eigenvalue weighted by molar-refractivity contribution is -0.134. The zero-order valence-electron chi connectivity index (χ0n) is 22.3. The second-order valence-electron chi connectivity index (χ2n) is 8.95. The molecule has 1 saturated heterocycles. The largest absolute Gasteiger partial charge is 0.466 e. The quantitative estimate of drug-likeness (QED) is 0.335. The minimum Gasteiger partial charge on any atom is -0.466 e. The number of hydrogen-bond acceptors (Lipinski definition) is 7. The van der Waals surface area contributed by atoms with Gasteiger partial charge in [-0.05, 0) is 59.9 Å². The third-order valence-corrected chi connectivity index (χ3v) is 6.17. The molecule has 0 aliphatic carbocycles. The van der Waals surface area contributed by atoms with Gasteiger partial charge < -0.3 is 14.4 Å². The lowest BCUT2D eigenvalue weighted by atomic mass is 9.98. The number of amides is 1. The Morgan fingerprint density at radius 1 is 1.05 bits per heavy atom. The molecule has 1 fully saturated rings. The third-order valence-electron chi connectivity index (χ3n) is 6.17. The molecule has 1 atom stereocenters. The normalized spacial score (nSPS) is 15.2. The van der Waals surface area contributed by atoms with Gasteiger partial charge in [0, 0.05) is 57.3 Å². The van der Waals surface area contributed by atoms with E-state index in [1.807, 2.05) is 61.6 Å². The lowest BCUT2D eigenvalue weighted by Gasteiger charge is -2.29. The third kappa shape index (κ3) is 6.80. The van der Waals surface area contributed by atoms with Gasteiger partial charge >= 0.3 is 5.97 Å². The number of esters is 1. The van der Waals surface area contributed by atoms with Crippen LogP contribution in [-0.2, 0) is 25.6 Å². The number of hydrogen-bond donors (Lipinski definition) is 0. The summed E-state index contributed by atoms with van der Waals surface area (Å²) in [6, 6.07) is 15.0. The van der Waals surface area contributed by atoms with Gasteiger partial charge in [-0.3, -0.25) is 9.69 Å². The Morgan fingerprint density at radius 3 is 2.43 bits per heavy atom. The second kappa shape index (κ2) is 12.3. The summed E-state index contributed by atoms with van der Waals surface area (Å²) in [5.74, 6) is 0.315. The van der Waals surface area contributed by atoms with Crippen LogP contribution in [0.4, 0.5) is 11.6 Å². The predicted molar refractivity (Wildman–Crippen MR) is 144 cm³/mol. The van der Waals surface area contributed by atoms with E-state index in [1.165, 1.54) is 18.1 Å². The first-order valence-electron chi connectivity index (χ1n) is 12.7. The minimum absolute atomic E-state index is 0.164. The first-order valence-corrected chi connectivity index (χ1v) is 12.2. The number of nitrogens with zero attached hydrogens (tertiary/aromatic N) is 4. The van der Waals surface area contributed by atoms with E-state index in [0.29, 0.717) is 43.0 Å². The molecule has 8 heteroatoms. The van der Waals surface area contributed by atoms with E-state index in [2.05, 4.69) is 14.7 Å². The monoisotopic (exact) mass is 501 g/mol. The molecule has 37 heavy (non-hydrogen) atoms. The van der Waals surface area contributed by atoms with Crippen LogP contribution in [0.5, 0.6) is 0 Å². The molecule has 8 nitrogen and oxygen atoms in total. The van der Waals surface area contributed by atoms with Gasteiger partial charge in [-0.25, -0.2) is 14.8 Å². The zero-order chi connectivity index (χ0) is 27.1. The Bertz CT molecular complexity index is 1270. The molecule has 1 unspecified atom stereocenters. The summed E-state index contributed by atoms with van der Waals surface area (Å²) in [6.07, 6.45) is 7.48. The van der Waals surface area contributed by atoms with Crippen LogP contribution in [0, 0.1) is 5.92 Å². The topological polar surface area (TPSA) is 84.9 Å². The van der Waals surface area contributed by atoms with Crippen molar-refractivity contribution in [2.75, 3.05) is 44.2 Å².